The van der Waals surface area contributed by atoms with Crippen molar-refractivity contribution < 1.29 is 14.7 Å². The van der Waals surface area contributed by atoms with Crippen molar-refractivity contribution in [1.82, 2.24) is 10.3 Å². The van der Waals surface area contributed by atoms with Crippen molar-refractivity contribution in [1.29, 1.82) is 0 Å². The molecule has 2 aromatic rings. The summed E-state index contributed by atoms with van der Waals surface area (Å²) < 4.78 is 0. The second-order valence-corrected chi connectivity index (χ2v) is 5.17. The molecule has 2 N–H and O–H groups in total. The van der Waals surface area contributed by atoms with E-state index in [0.717, 1.165) is 5.56 Å². The predicted molar refractivity (Wildman–Crippen MR) is 80.3 cm³/mol. The zero-order valence-corrected chi connectivity index (χ0v) is 12.0. The molecule has 0 saturated heterocycles. The van der Waals surface area contributed by atoms with E-state index in [1.807, 2.05) is 30.3 Å². The zero-order valence-electron chi connectivity index (χ0n) is 10.3. The minimum Gasteiger partial charge on any atom is -0.480 e. The molecule has 7 heteroatoms. The SMILES string of the molecule is O=C(N[C@@H](CS)C(=O)O)c1csc(-c2ccccc2)n1. The summed E-state index contributed by atoms with van der Waals surface area (Å²) >= 11 is 5.23. The number of carboxylic acids is 1. The van der Waals surface area contributed by atoms with Gasteiger partial charge in [0.2, 0.25) is 0 Å². The molecule has 0 aliphatic carbocycles. The fourth-order valence-corrected chi connectivity index (χ4v) is 2.56. The van der Waals surface area contributed by atoms with Gasteiger partial charge < -0.3 is 10.4 Å². The molecule has 104 valence electrons. The number of hydrogen-bond donors (Lipinski definition) is 3. The summed E-state index contributed by atoms with van der Waals surface area (Å²) in [7, 11) is 0. The van der Waals surface area contributed by atoms with Crippen LogP contribution in [0.1, 0.15) is 10.5 Å². The summed E-state index contributed by atoms with van der Waals surface area (Å²) in [6.07, 6.45) is 0. The fourth-order valence-electron chi connectivity index (χ4n) is 1.51. The molecule has 1 aromatic carbocycles. The summed E-state index contributed by atoms with van der Waals surface area (Å²) in [5, 5.41) is 13.6. The molecule has 1 heterocycles. The summed E-state index contributed by atoms with van der Waals surface area (Å²) in [6, 6.07) is 8.44. The van der Waals surface area contributed by atoms with Crippen molar-refractivity contribution in [2.45, 2.75) is 6.04 Å². The van der Waals surface area contributed by atoms with Gasteiger partial charge in [-0.3, -0.25) is 4.79 Å². The van der Waals surface area contributed by atoms with Crippen LogP contribution in [0.2, 0.25) is 0 Å². The number of nitrogens with zero attached hydrogens (tertiary/aromatic N) is 1. The maximum Gasteiger partial charge on any atom is 0.327 e. The van der Waals surface area contributed by atoms with Crippen LogP contribution >= 0.6 is 24.0 Å². The van der Waals surface area contributed by atoms with E-state index in [2.05, 4.69) is 22.9 Å². The van der Waals surface area contributed by atoms with Gasteiger partial charge >= 0.3 is 5.97 Å². The monoisotopic (exact) mass is 308 g/mol. The van der Waals surface area contributed by atoms with Crippen LogP contribution in [0.3, 0.4) is 0 Å². The highest BCUT2D eigenvalue weighted by molar-refractivity contribution is 7.80. The Bertz CT molecular complexity index is 613. The van der Waals surface area contributed by atoms with Gasteiger partial charge in [-0.15, -0.1) is 11.3 Å². The number of aliphatic carboxylic acids is 1. The van der Waals surface area contributed by atoms with Crippen molar-refractivity contribution in [3.05, 3.63) is 41.4 Å². The van der Waals surface area contributed by atoms with E-state index in [1.165, 1.54) is 11.3 Å². The molecule has 5 nitrogen and oxygen atoms in total. The quantitative estimate of drug-likeness (QED) is 0.737. The van der Waals surface area contributed by atoms with Crippen LogP contribution < -0.4 is 5.32 Å². The molecule has 0 bridgehead atoms. The van der Waals surface area contributed by atoms with E-state index < -0.39 is 17.9 Å². The largest absolute Gasteiger partial charge is 0.480 e. The van der Waals surface area contributed by atoms with E-state index in [-0.39, 0.29) is 11.4 Å². The number of amides is 1. The van der Waals surface area contributed by atoms with Gasteiger partial charge in [-0.1, -0.05) is 30.3 Å². The van der Waals surface area contributed by atoms with Gasteiger partial charge in [0.15, 0.2) is 0 Å². The minimum absolute atomic E-state index is 0.0246. The number of nitrogens with one attached hydrogen (secondary N) is 1. The topological polar surface area (TPSA) is 79.3 Å². The Morgan fingerprint density at radius 2 is 2.05 bits per heavy atom. The molecule has 0 radical (unpaired) electrons. The lowest BCUT2D eigenvalue weighted by atomic mass is 10.2. The summed E-state index contributed by atoms with van der Waals surface area (Å²) in [6.45, 7) is 0. The van der Waals surface area contributed by atoms with Gasteiger partial charge in [0.05, 0.1) is 0 Å². The Labute approximate surface area is 125 Å². The van der Waals surface area contributed by atoms with Gasteiger partial charge in [-0.25, -0.2) is 9.78 Å². The smallest absolute Gasteiger partial charge is 0.327 e. The van der Waals surface area contributed by atoms with Gasteiger partial charge in [-0.05, 0) is 0 Å². The van der Waals surface area contributed by atoms with E-state index in [1.54, 1.807) is 5.38 Å². The highest BCUT2D eigenvalue weighted by Crippen LogP contribution is 2.23. The molecular weight excluding hydrogens is 296 g/mol. The van der Waals surface area contributed by atoms with Crippen LogP contribution in [0, 0.1) is 0 Å². The lowest BCUT2D eigenvalue weighted by Crippen LogP contribution is -2.42. The Kier molecular flexibility index (Phi) is 4.75. The van der Waals surface area contributed by atoms with E-state index >= 15 is 0 Å². The molecule has 1 amide bonds. The van der Waals surface area contributed by atoms with Gasteiger partial charge in [0, 0.05) is 16.7 Å². The first-order valence-corrected chi connectivity index (χ1v) is 7.28. The van der Waals surface area contributed by atoms with E-state index in [4.69, 9.17) is 5.11 Å². The van der Waals surface area contributed by atoms with Crippen molar-refractivity contribution in [3.63, 3.8) is 0 Å². The third-order valence-electron chi connectivity index (χ3n) is 2.54. The average molecular weight is 308 g/mol. The summed E-state index contributed by atoms with van der Waals surface area (Å²) in [4.78, 5) is 27.0. The van der Waals surface area contributed by atoms with E-state index in [9.17, 15) is 9.59 Å². The highest BCUT2D eigenvalue weighted by Gasteiger charge is 2.20. The number of thiazole rings is 1. The third-order valence-corrected chi connectivity index (χ3v) is 3.80. The number of carbonyl (C=O) groups excluding carboxylic acids is 1. The van der Waals surface area contributed by atoms with Gasteiger partial charge in [-0.2, -0.15) is 12.6 Å². The first-order valence-electron chi connectivity index (χ1n) is 5.77. The van der Waals surface area contributed by atoms with Crippen molar-refractivity contribution in [2.24, 2.45) is 0 Å². The standard InChI is InChI=1S/C13H12N2O3S2/c16-11(14-9(6-19)13(17)18)10-7-20-12(15-10)8-4-2-1-3-5-8/h1-5,7,9,19H,6H2,(H,14,16)(H,17,18)/t9-/m0/s1. The molecule has 0 unspecified atom stereocenters. The minimum atomic E-state index is -1.12. The second-order valence-electron chi connectivity index (χ2n) is 3.95. The van der Waals surface area contributed by atoms with Crippen molar-refractivity contribution in [3.8, 4) is 10.6 Å². The van der Waals surface area contributed by atoms with Crippen LogP contribution in [-0.2, 0) is 4.79 Å². The summed E-state index contributed by atoms with van der Waals surface area (Å²) in [5.41, 5.74) is 1.13. The maximum atomic E-state index is 11.9. The van der Waals surface area contributed by atoms with Gasteiger partial charge in [0.1, 0.15) is 16.7 Å². The summed E-state index contributed by atoms with van der Waals surface area (Å²) in [5.74, 6) is -1.60. The number of carboxylic acid groups (broad SMARTS) is 1. The fraction of sp³-hybridized carbons (Fsp3) is 0.154. The Hall–Kier alpha value is -1.86. The molecular formula is C13H12N2O3S2. The first kappa shape index (κ1) is 14.5. The Morgan fingerprint density at radius 3 is 2.65 bits per heavy atom. The van der Waals surface area contributed by atoms with Crippen LogP contribution in [0.25, 0.3) is 10.6 Å². The number of carbonyl (C=O) groups is 2. The maximum absolute atomic E-state index is 11.9. The second kappa shape index (κ2) is 6.53. The van der Waals surface area contributed by atoms with E-state index in [0.29, 0.717) is 5.01 Å². The number of aromatic nitrogens is 1. The van der Waals surface area contributed by atoms with Crippen molar-refractivity contribution in [2.75, 3.05) is 5.75 Å². The zero-order chi connectivity index (χ0) is 14.5. The normalized spacial score (nSPS) is 11.8. The predicted octanol–water partition coefficient (Wildman–Crippen LogP) is 1.92. The third kappa shape index (κ3) is 3.37. The lowest BCUT2D eigenvalue weighted by Gasteiger charge is -2.10. The molecule has 1 aromatic heterocycles. The molecule has 0 fully saturated rings. The van der Waals surface area contributed by atoms with Crippen LogP contribution in [0.4, 0.5) is 0 Å². The number of benzene rings is 1. The molecule has 0 aliphatic rings. The number of rotatable bonds is 5. The number of hydrogen-bond acceptors (Lipinski definition) is 5. The Morgan fingerprint density at radius 1 is 1.35 bits per heavy atom. The average Bonchev–Trinajstić information content (AvgIpc) is 2.95. The molecule has 0 spiro atoms. The van der Waals surface area contributed by atoms with Gasteiger partial charge in [0.25, 0.3) is 5.91 Å². The molecule has 1 atom stereocenters. The van der Waals surface area contributed by atoms with Crippen LogP contribution in [0.15, 0.2) is 35.7 Å². The van der Waals surface area contributed by atoms with Crippen LogP contribution in [0.5, 0.6) is 0 Å². The lowest BCUT2D eigenvalue weighted by molar-refractivity contribution is -0.138. The van der Waals surface area contributed by atoms with Crippen LogP contribution in [-0.4, -0.2) is 33.8 Å². The molecule has 20 heavy (non-hydrogen) atoms. The molecule has 0 saturated carbocycles. The first-order chi connectivity index (χ1) is 9.61. The van der Waals surface area contributed by atoms with Crippen molar-refractivity contribution >= 4 is 35.8 Å². The highest BCUT2D eigenvalue weighted by atomic mass is 32.1. The molecule has 0 aliphatic heterocycles. The molecule has 2 rings (SSSR count). The number of thiol groups is 1. The Balaban J connectivity index is 2.13.